The van der Waals surface area contributed by atoms with Gasteiger partial charge in [-0.15, -0.1) is 12.1 Å². The standard InChI is InChI=1S/C42H21B2NO4.3Y/c1-3-12-26(13-4-1)45(27-14-5-2-6-15-27)28-22-39-42-40(23-28)49-38-25-37-31(24-32(38)44(42)30-17-8-10-19-34(30)47-39)43-29-16-7-9-18-33(29)46-35-20-11-21-36(48-37)41(35)43;;;/h1-12,14,16-21,24-25H;;;/q-4;;;. The van der Waals surface area contributed by atoms with E-state index in [1.54, 1.807) is 0 Å². The Morgan fingerprint density at radius 1 is 0.423 bits per heavy atom. The summed E-state index contributed by atoms with van der Waals surface area (Å²) < 4.78 is 26.5. The number of anilines is 3. The van der Waals surface area contributed by atoms with Gasteiger partial charge in [-0.25, -0.2) is 5.46 Å². The van der Waals surface area contributed by atoms with Gasteiger partial charge in [-0.3, -0.25) is 12.1 Å². The molecular weight excluding hydrogens is 871 g/mol. The van der Waals surface area contributed by atoms with Gasteiger partial charge < -0.3 is 23.8 Å². The zero-order valence-corrected chi connectivity index (χ0v) is 36.1. The first-order valence-electron chi connectivity index (χ1n) is 16.2. The SMILES string of the molecule is [Y].[Y].[Y].[c-]1ccccc1N(c1[c-]c2c3c([c-]1)Oc1cc4c(cc1B3c1ccccc1O2)B1c2ccccc2Oc2cccc(c21)O4)c1[c-]cccc1. The Kier molecular flexibility index (Phi) is 9.91. The van der Waals surface area contributed by atoms with E-state index in [0.717, 1.165) is 78.6 Å². The van der Waals surface area contributed by atoms with Gasteiger partial charge in [-0.05, 0) is 35.2 Å². The number of fused-ring (bicyclic) bond motifs is 8. The first-order valence-corrected chi connectivity index (χ1v) is 16.2. The van der Waals surface area contributed by atoms with Crippen molar-refractivity contribution in [3.05, 3.63) is 152 Å². The second-order valence-electron chi connectivity index (χ2n) is 12.4. The third-order valence-corrected chi connectivity index (χ3v) is 9.74. The maximum absolute atomic E-state index is 6.82. The Balaban J connectivity index is 0.00000129. The van der Waals surface area contributed by atoms with E-state index in [1.165, 1.54) is 0 Å². The van der Waals surface area contributed by atoms with Crippen molar-refractivity contribution in [2.45, 2.75) is 0 Å². The van der Waals surface area contributed by atoms with Crippen molar-refractivity contribution in [3.8, 4) is 46.0 Å². The fraction of sp³-hybridized carbons (Fsp3) is 0. The zero-order valence-electron chi connectivity index (χ0n) is 27.6. The summed E-state index contributed by atoms with van der Waals surface area (Å²) in [4.78, 5) is 2.02. The molecule has 7 aromatic rings. The molecule has 52 heavy (non-hydrogen) atoms. The molecule has 0 unspecified atom stereocenters. The van der Waals surface area contributed by atoms with E-state index >= 15 is 0 Å². The summed E-state index contributed by atoms with van der Waals surface area (Å²) in [6, 6.07) is 56.3. The molecule has 7 aromatic carbocycles. The van der Waals surface area contributed by atoms with Gasteiger partial charge in [0, 0.05) is 110 Å². The molecule has 0 bridgehead atoms. The van der Waals surface area contributed by atoms with Crippen molar-refractivity contribution < 1.29 is 117 Å². The molecule has 237 valence electrons. The topological polar surface area (TPSA) is 40.2 Å². The van der Waals surface area contributed by atoms with Crippen LogP contribution in [0.15, 0.2) is 127 Å². The molecule has 0 saturated carbocycles. The molecule has 4 heterocycles. The van der Waals surface area contributed by atoms with Crippen molar-refractivity contribution in [1.29, 1.82) is 0 Å². The maximum atomic E-state index is 6.82. The summed E-state index contributed by atoms with van der Waals surface area (Å²) >= 11 is 0. The van der Waals surface area contributed by atoms with Crippen LogP contribution in [0.25, 0.3) is 0 Å². The second kappa shape index (κ2) is 14.3. The molecule has 0 amide bonds. The van der Waals surface area contributed by atoms with Crippen LogP contribution in [-0.2, 0) is 98.1 Å². The van der Waals surface area contributed by atoms with Crippen LogP contribution in [0, 0.1) is 24.3 Å². The molecule has 4 aliphatic rings. The van der Waals surface area contributed by atoms with Gasteiger partial charge in [0.1, 0.15) is 41.2 Å². The first-order chi connectivity index (χ1) is 24.3. The number of hydrogen-bond acceptors (Lipinski definition) is 5. The number of nitrogens with zero attached hydrogens (tertiary/aromatic N) is 1. The van der Waals surface area contributed by atoms with Crippen LogP contribution < -0.4 is 56.6 Å². The molecule has 10 heteroatoms. The number of hydrogen-bond donors (Lipinski definition) is 0. The summed E-state index contributed by atoms with van der Waals surface area (Å²) in [6.07, 6.45) is 0. The third kappa shape index (κ3) is 5.62. The molecule has 0 spiro atoms. The van der Waals surface area contributed by atoms with Crippen LogP contribution in [0.4, 0.5) is 17.1 Å². The summed E-state index contributed by atoms with van der Waals surface area (Å²) in [5.41, 5.74) is 8.50. The molecule has 0 fully saturated rings. The second-order valence-corrected chi connectivity index (χ2v) is 12.4. The van der Waals surface area contributed by atoms with Gasteiger partial charge in [0.25, 0.3) is 6.71 Å². The quantitative estimate of drug-likeness (QED) is 0.166. The van der Waals surface area contributed by atoms with Crippen molar-refractivity contribution in [3.63, 3.8) is 0 Å². The van der Waals surface area contributed by atoms with E-state index in [4.69, 9.17) is 18.9 Å². The minimum absolute atomic E-state index is 0. The third-order valence-electron chi connectivity index (χ3n) is 9.74. The average molecular weight is 892 g/mol. The van der Waals surface area contributed by atoms with Crippen LogP contribution in [0.3, 0.4) is 0 Å². The normalized spacial score (nSPS) is 12.7. The molecule has 0 aromatic heterocycles. The monoisotopic (exact) mass is 892 g/mol. The molecule has 4 aliphatic heterocycles. The largest absolute Gasteiger partial charge is 0.508 e. The molecule has 0 saturated heterocycles. The zero-order chi connectivity index (χ0) is 32.1. The summed E-state index contributed by atoms with van der Waals surface area (Å²) in [5.74, 6) is 5.92. The van der Waals surface area contributed by atoms with E-state index in [2.05, 4.69) is 54.6 Å². The average Bonchev–Trinajstić information content (AvgIpc) is 3.15. The molecule has 11 rings (SSSR count). The molecule has 3 radical (unpaired) electrons. The van der Waals surface area contributed by atoms with Gasteiger partial charge in [0.15, 0.2) is 0 Å². The summed E-state index contributed by atoms with van der Waals surface area (Å²) in [5, 5.41) is 0. The van der Waals surface area contributed by atoms with Crippen LogP contribution in [0.5, 0.6) is 46.0 Å². The van der Waals surface area contributed by atoms with Crippen molar-refractivity contribution in [2.24, 2.45) is 0 Å². The van der Waals surface area contributed by atoms with Crippen molar-refractivity contribution in [2.75, 3.05) is 4.90 Å². The molecule has 0 aliphatic carbocycles. The van der Waals surface area contributed by atoms with Crippen molar-refractivity contribution in [1.82, 2.24) is 0 Å². The van der Waals surface area contributed by atoms with Crippen LogP contribution in [0.1, 0.15) is 0 Å². The molecule has 5 nitrogen and oxygen atoms in total. The van der Waals surface area contributed by atoms with E-state index in [-0.39, 0.29) is 112 Å². The predicted octanol–water partition coefficient (Wildman–Crippen LogP) is 5.80. The fourth-order valence-corrected chi connectivity index (χ4v) is 7.68. The number of rotatable bonds is 3. The fourth-order valence-electron chi connectivity index (χ4n) is 7.68. The molecular formula is C42H21B2NO4Y3-4. The minimum atomic E-state index is -0.169. The Morgan fingerprint density at radius 2 is 0.904 bits per heavy atom. The van der Waals surface area contributed by atoms with E-state index in [1.807, 2.05) is 102 Å². The Morgan fingerprint density at radius 3 is 1.50 bits per heavy atom. The Labute approximate surface area is 378 Å². The molecule has 0 atom stereocenters. The Hall–Kier alpha value is -3.02. The summed E-state index contributed by atoms with van der Waals surface area (Å²) in [7, 11) is 0. The first kappa shape index (κ1) is 36.0. The molecule has 0 N–H and O–H groups in total. The van der Waals surface area contributed by atoms with Gasteiger partial charge in [-0.2, -0.15) is 54.2 Å². The Bertz CT molecular complexity index is 2460. The van der Waals surface area contributed by atoms with Gasteiger partial charge >= 0.3 is 0 Å². The van der Waals surface area contributed by atoms with Gasteiger partial charge in [0.05, 0.1) is 0 Å². The number of benzene rings is 7. The van der Waals surface area contributed by atoms with Crippen LogP contribution >= 0.6 is 0 Å². The smallest absolute Gasteiger partial charge is 0.260 e. The maximum Gasteiger partial charge on any atom is 0.260 e. The number of ether oxygens (including phenoxy) is 4. The van der Waals surface area contributed by atoms with Crippen molar-refractivity contribution >= 4 is 63.3 Å². The van der Waals surface area contributed by atoms with E-state index in [0.29, 0.717) is 17.2 Å². The van der Waals surface area contributed by atoms with E-state index < -0.39 is 0 Å². The van der Waals surface area contributed by atoms with Crippen LogP contribution in [-0.4, -0.2) is 13.4 Å². The van der Waals surface area contributed by atoms with E-state index in [9.17, 15) is 0 Å². The summed E-state index contributed by atoms with van der Waals surface area (Å²) in [6.45, 7) is -0.225. The number of para-hydroxylation sites is 4. The van der Waals surface area contributed by atoms with Crippen LogP contribution in [0.2, 0.25) is 0 Å². The van der Waals surface area contributed by atoms with Gasteiger partial charge in [-0.1, -0.05) is 82.3 Å². The van der Waals surface area contributed by atoms with Gasteiger partial charge in [0.2, 0.25) is 0 Å². The minimum Gasteiger partial charge on any atom is -0.508 e. The predicted molar refractivity (Wildman–Crippen MR) is 192 cm³/mol.